The predicted molar refractivity (Wildman–Crippen MR) is 57.0 cm³/mol. The quantitative estimate of drug-likeness (QED) is 0.464. The smallest absolute Gasteiger partial charge is 0.115 e. The zero-order chi connectivity index (χ0) is 9.54. The standard InChI is InChI=1S/C13H8F/c14-11-5-6-13-10(8-11)7-9-3-1-2-4-12(9)13/h1-8H/q-1. The monoisotopic (exact) mass is 183 g/mol. The van der Waals surface area contributed by atoms with Gasteiger partial charge in [-0.3, -0.25) is 0 Å². The summed E-state index contributed by atoms with van der Waals surface area (Å²) in [4.78, 5) is 0. The SMILES string of the molecule is Fc1ccc2c(c1)c[c-]1ccccc21. The molecule has 0 fully saturated rings. The van der Waals surface area contributed by atoms with Crippen molar-refractivity contribution in [3.05, 3.63) is 54.3 Å². The minimum absolute atomic E-state index is 0.173. The zero-order valence-electron chi connectivity index (χ0n) is 7.50. The molecule has 0 aliphatic carbocycles. The first kappa shape index (κ1) is 7.63. The van der Waals surface area contributed by atoms with E-state index in [0.29, 0.717) is 0 Å². The van der Waals surface area contributed by atoms with Gasteiger partial charge in [0.05, 0.1) is 0 Å². The van der Waals surface area contributed by atoms with Gasteiger partial charge < -0.3 is 0 Å². The molecule has 0 heterocycles. The van der Waals surface area contributed by atoms with Gasteiger partial charge in [-0.2, -0.15) is 0 Å². The fraction of sp³-hybridized carbons (Fsp3) is 0. The highest BCUT2D eigenvalue weighted by atomic mass is 19.1. The number of hydrogen-bond donors (Lipinski definition) is 0. The van der Waals surface area contributed by atoms with Crippen LogP contribution in [0.4, 0.5) is 4.39 Å². The molecule has 0 nitrogen and oxygen atoms in total. The maximum atomic E-state index is 13.0. The van der Waals surface area contributed by atoms with Crippen molar-refractivity contribution in [2.75, 3.05) is 0 Å². The molecule has 0 radical (unpaired) electrons. The van der Waals surface area contributed by atoms with Gasteiger partial charge in [-0.1, -0.05) is 17.5 Å². The summed E-state index contributed by atoms with van der Waals surface area (Å²) in [5.74, 6) is -0.173. The first-order valence-corrected chi connectivity index (χ1v) is 4.58. The molecule has 0 bridgehead atoms. The third-order valence-corrected chi connectivity index (χ3v) is 2.58. The van der Waals surface area contributed by atoms with Gasteiger partial charge in [0, 0.05) is 0 Å². The summed E-state index contributed by atoms with van der Waals surface area (Å²) in [7, 11) is 0. The lowest BCUT2D eigenvalue weighted by Crippen LogP contribution is -1.70. The largest absolute Gasteiger partial charge is 0.208 e. The number of rotatable bonds is 0. The fourth-order valence-corrected chi connectivity index (χ4v) is 1.93. The zero-order valence-corrected chi connectivity index (χ0v) is 7.50. The van der Waals surface area contributed by atoms with Crippen LogP contribution in [0.25, 0.3) is 21.5 Å². The molecule has 68 valence electrons. The lowest BCUT2D eigenvalue weighted by atomic mass is 10.1. The lowest BCUT2D eigenvalue weighted by Gasteiger charge is -1.98. The molecular weight excluding hydrogens is 175 g/mol. The Hall–Kier alpha value is -1.76. The van der Waals surface area contributed by atoms with Crippen LogP contribution in [-0.4, -0.2) is 0 Å². The minimum atomic E-state index is -0.173. The van der Waals surface area contributed by atoms with E-state index in [9.17, 15) is 4.39 Å². The van der Waals surface area contributed by atoms with Crippen molar-refractivity contribution in [2.24, 2.45) is 0 Å². The van der Waals surface area contributed by atoms with E-state index in [4.69, 9.17) is 0 Å². The molecule has 3 aromatic carbocycles. The van der Waals surface area contributed by atoms with E-state index in [0.717, 1.165) is 10.8 Å². The molecule has 0 aliphatic rings. The molecule has 14 heavy (non-hydrogen) atoms. The Morgan fingerprint density at radius 1 is 1.07 bits per heavy atom. The van der Waals surface area contributed by atoms with Gasteiger partial charge in [0.2, 0.25) is 0 Å². The Morgan fingerprint density at radius 3 is 2.93 bits per heavy atom. The highest BCUT2D eigenvalue weighted by Gasteiger charge is 1.95. The molecule has 0 aromatic heterocycles. The van der Waals surface area contributed by atoms with Crippen LogP contribution in [0.5, 0.6) is 0 Å². The third kappa shape index (κ3) is 0.956. The molecule has 1 heteroatoms. The van der Waals surface area contributed by atoms with E-state index in [1.165, 1.54) is 16.8 Å². The van der Waals surface area contributed by atoms with E-state index in [1.54, 1.807) is 6.07 Å². The molecule has 0 aliphatic heterocycles. The lowest BCUT2D eigenvalue weighted by molar-refractivity contribution is 0.630. The molecule has 0 unspecified atom stereocenters. The minimum Gasteiger partial charge on any atom is -0.208 e. The van der Waals surface area contributed by atoms with Crippen LogP contribution in [-0.2, 0) is 0 Å². The van der Waals surface area contributed by atoms with Gasteiger partial charge in [0.25, 0.3) is 0 Å². The molecular formula is C13H8F-. The van der Waals surface area contributed by atoms with E-state index in [-0.39, 0.29) is 5.82 Å². The normalized spacial score (nSPS) is 11.2. The average Bonchev–Trinajstić information content (AvgIpc) is 2.54. The number of fused-ring (bicyclic) bond motifs is 3. The van der Waals surface area contributed by atoms with Crippen LogP contribution in [0.2, 0.25) is 0 Å². The van der Waals surface area contributed by atoms with Gasteiger partial charge in [0.1, 0.15) is 5.82 Å². The van der Waals surface area contributed by atoms with Crippen molar-refractivity contribution in [3.63, 3.8) is 0 Å². The predicted octanol–water partition coefficient (Wildman–Crippen LogP) is 3.85. The van der Waals surface area contributed by atoms with Crippen molar-refractivity contribution in [3.8, 4) is 0 Å². The third-order valence-electron chi connectivity index (χ3n) is 2.58. The summed E-state index contributed by atoms with van der Waals surface area (Å²) < 4.78 is 13.0. The second-order valence-corrected chi connectivity index (χ2v) is 3.46. The van der Waals surface area contributed by atoms with Gasteiger partial charge in [-0.15, -0.1) is 46.5 Å². The van der Waals surface area contributed by atoms with Crippen LogP contribution >= 0.6 is 0 Å². The fourth-order valence-electron chi connectivity index (χ4n) is 1.93. The molecule has 0 spiro atoms. The van der Waals surface area contributed by atoms with Gasteiger partial charge in [0.15, 0.2) is 0 Å². The summed E-state index contributed by atoms with van der Waals surface area (Å²) >= 11 is 0. The number of halogens is 1. The topological polar surface area (TPSA) is 0 Å². The molecule has 0 saturated carbocycles. The second-order valence-electron chi connectivity index (χ2n) is 3.46. The van der Waals surface area contributed by atoms with Crippen molar-refractivity contribution in [1.82, 2.24) is 0 Å². The summed E-state index contributed by atoms with van der Waals surface area (Å²) in [6, 6.07) is 15.1. The molecule has 0 saturated heterocycles. The average molecular weight is 183 g/mol. The Bertz CT molecular complexity index is 605. The van der Waals surface area contributed by atoms with E-state index < -0.39 is 0 Å². The van der Waals surface area contributed by atoms with Crippen molar-refractivity contribution < 1.29 is 4.39 Å². The second kappa shape index (κ2) is 2.61. The summed E-state index contributed by atoms with van der Waals surface area (Å²) in [5, 5.41) is 4.48. The van der Waals surface area contributed by atoms with Crippen molar-refractivity contribution in [2.45, 2.75) is 0 Å². The molecule has 0 atom stereocenters. The Balaban J connectivity index is 2.57. The highest BCUT2D eigenvalue weighted by molar-refractivity contribution is 6.11. The maximum Gasteiger partial charge on any atom is 0.115 e. The van der Waals surface area contributed by atoms with Gasteiger partial charge in [-0.25, -0.2) is 4.39 Å². The van der Waals surface area contributed by atoms with Gasteiger partial charge >= 0.3 is 0 Å². The van der Waals surface area contributed by atoms with Crippen LogP contribution in [0, 0.1) is 5.82 Å². The van der Waals surface area contributed by atoms with Crippen LogP contribution in [0.1, 0.15) is 0 Å². The number of benzene rings is 2. The maximum absolute atomic E-state index is 13.0. The van der Waals surface area contributed by atoms with Crippen LogP contribution < -0.4 is 0 Å². The van der Waals surface area contributed by atoms with E-state index in [1.807, 2.05) is 30.3 Å². The van der Waals surface area contributed by atoms with Crippen molar-refractivity contribution in [1.29, 1.82) is 0 Å². The van der Waals surface area contributed by atoms with E-state index >= 15 is 0 Å². The number of hydrogen-bond acceptors (Lipinski definition) is 0. The van der Waals surface area contributed by atoms with Crippen LogP contribution in [0.15, 0.2) is 48.5 Å². The van der Waals surface area contributed by atoms with Gasteiger partial charge in [-0.05, 0) is 6.07 Å². The first-order chi connectivity index (χ1) is 6.84. The summed E-state index contributed by atoms with van der Waals surface area (Å²) in [6.45, 7) is 0. The summed E-state index contributed by atoms with van der Waals surface area (Å²) in [5.41, 5.74) is 0. The Labute approximate surface area is 80.9 Å². The van der Waals surface area contributed by atoms with E-state index in [2.05, 4.69) is 6.07 Å². The molecule has 0 amide bonds. The molecule has 0 N–H and O–H groups in total. The summed E-state index contributed by atoms with van der Waals surface area (Å²) in [6.07, 6.45) is 0. The van der Waals surface area contributed by atoms with Crippen molar-refractivity contribution >= 4 is 21.5 Å². The van der Waals surface area contributed by atoms with Crippen LogP contribution in [0.3, 0.4) is 0 Å². The molecule has 3 aromatic rings. The first-order valence-electron chi connectivity index (χ1n) is 4.58. The molecule has 3 rings (SSSR count). The Kier molecular flexibility index (Phi) is 1.42. The highest BCUT2D eigenvalue weighted by Crippen LogP contribution is 2.28. The Morgan fingerprint density at radius 2 is 2.00 bits per heavy atom.